The number of rotatable bonds is 10. The second-order valence-corrected chi connectivity index (χ2v) is 8.86. The molecule has 1 aromatic heterocycles. The molecule has 4 rings (SSSR count). The van der Waals surface area contributed by atoms with E-state index < -0.39 is 0 Å². The number of nitrogens with zero attached hydrogens (tertiary/aromatic N) is 2. The van der Waals surface area contributed by atoms with E-state index >= 15 is 0 Å². The van der Waals surface area contributed by atoms with Gasteiger partial charge in [-0.25, -0.2) is 0 Å². The molecule has 0 N–H and O–H groups in total. The summed E-state index contributed by atoms with van der Waals surface area (Å²) in [6.07, 6.45) is 5.04. The average molecular weight is 413 g/mol. The van der Waals surface area contributed by atoms with Crippen molar-refractivity contribution in [3.8, 4) is 0 Å². The van der Waals surface area contributed by atoms with Gasteiger partial charge in [0.05, 0.1) is 13.2 Å². The van der Waals surface area contributed by atoms with Crippen LogP contribution in [-0.4, -0.2) is 62.8 Å². The molecule has 1 saturated heterocycles. The molecule has 2 aliphatic rings. The van der Waals surface area contributed by atoms with E-state index in [1.54, 1.807) is 25.3 Å². The summed E-state index contributed by atoms with van der Waals surface area (Å²) in [5.41, 5.74) is 3.10. The molecule has 1 aliphatic heterocycles. The second-order valence-electron chi connectivity index (χ2n) is 8.86. The molecule has 5 heteroatoms. The molecule has 2 heterocycles. The van der Waals surface area contributed by atoms with Crippen molar-refractivity contribution in [2.24, 2.45) is 5.92 Å². The highest BCUT2D eigenvalue weighted by molar-refractivity contribution is 5.33. The number of furan rings is 1. The number of hydrogen-bond donors (Lipinski definition) is 0. The summed E-state index contributed by atoms with van der Waals surface area (Å²) in [7, 11) is 3.48. The molecular formula is C25H36N2O3. The fourth-order valence-electron chi connectivity index (χ4n) is 5.14. The van der Waals surface area contributed by atoms with Crippen molar-refractivity contribution in [3.05, 3.63) is 59.0 Å². The number of methoxy groups -OCH3 is 2. The van der Waals surface area contributed by atoms with Crippen LogP contribution in [0.5, 0.6) is 0 Å². The lowest BCUT2D eigenvalue weighted by Crippen LogP contribution is -2.46. The monoisotopic (exact) mass is 412 g/mol. The normalized spacial score (nSPS) is 20.2. The molecule has 1 unspecified atom stereocenters. The summed E-state index contributed by atoms with van der Waals surface area (Å²) < 4.78 is 16.5. The zero-order valence-electron chi connectivity index (χ0n) is 18.5. The number of fused-ring (bicyclic) bond motifs is 1. The van der Waals surface area contributed by atoms with Crippen molar-refractivity contribution >= 4 is 0 Å². The summed E-state index contributed by atoms with van der Waals surface area (Å²) in [5, 5.41) is 0. The van der Waals surface area contributed by atoms with E-state index in [2.05, 4.69) is 40.1 Å². The van der Waals surface area contributed by atoms with Crippen LogP contribution in [0.4, 0.5) is 0 Å². The van der Waals surface area contributed by atoms with E-state index in [-0.39, 0.29) is 0 Å². The summed E-state index contributed by atoms with van der Waals surface area (Å²) in [6.45, 7) is 6.58. The Hall–Kier alpha value is -1.66. The van der Waals surface area contributed by atoms with Crippen molar-refractivity contribution in [1.82, 2.24) is 9.80 Å². The van der Waals surface area contributed by atoms with Crippen LogP contribution >= 0.6 is 0 Å². The van der Waals surface area contributed by atoms with Gasteiger partial charge in [-0.1, -0.05) is 24.3 Å². The molecule has 1 aromatic carbocycles. The van der Waals surface area contributed by atoms with Gasteiger partial charge in [-0.05, 0) is 61.4 Å². The highest BCUT2D eigenvalue weighted by Gasteiger charge is 2.31. The number of likely N-dealkylation sites (tertiary alicyclic amines) is 1. The number of ether oxygens (including phenoxy) is 2. The van der Waals surface area contributed by atoms with E-state index in [0.717, 1.165) is 37.8 Å². The largest absolute Gasteiger partial charge is 0.462 e. The maximum Gasteiger partial charge on any atom is 0.129 e. The van der Waals surface area contributed by atoms with Crippen molar-refractivity contribution in [2.45, 2.75) is 44.9 Å². The maximum atomic E-state index is 5.94. The lowest BCUT2D eigenvalue weighted by molar-refractivity contribution is 0.0808. The van der Waals surface area contributed by atoms with Gasteiger partial charge < -0.3 is 13.9 Å². The molecular weight excluding hydrogens is 376 g/mol. The lowest BCUT2D eigenvalue weighted by Gasteiger charge is -2.38. The highest BCUT2D eigenvalue weighted by atomic mass is 16.5. The molecule has 30 heavy (non-hydrogen) atoms. The zero-order valence-corrected chi connectivity index (χ0v) is 18.5. The number of hydrogen-bond acceptors (Lipinski definition) is 5. The first-order valence-electron chi connectivity index (χ1n) is 11.3. The van der Waals surface area contributed by atoms with Crippen LogP contribution in [0.1, 0.15) is 35.5 Å². The van der Waals surface area contributed by atoms with Gasteiger partial charge in [0.15, 0.2) is 0 Å². The Morgan fingerprint density at radius 2 is 1.80 bits per heavy atom. The zero-order chi connectivity index (χ0) is 20.8. The Labute approximate surface area is 180 Å². The molecule has 0 radical (unpaired) electrons. The predicted octanol–water partition coefficient (Wildman–Crippen LogP) is 3.75. The first-order valence-corrected chi connectivity index (χ1v) is 11.3. The Kier molecular flexibility index (Phi) is 7.61. The molecule has 1 atom stereocenters. The lowest BCUT2D eigenvalue weighted by atomic mass is 9.95. The molecule has 0 bridgehead atoms. The fourth-order valence-corrected chi connectivity index (χ4v) is 5.14. The molecule has 0 amide bonds. The Morgan fingerprint density at radius 3 is 2.53 bits per heavy atom. The van der Waals surface area contributed by atoms with E-state index in [1.807, 2.05) is 6.07 Å². The smallest absolute Gasteiger partial charge is 0.129 e. The van der Waals surface area contributed by atoms with E-state index in [4.69, 9.17) is 13.9 Å². The molecule has 2 aromatic rings. The van der Waals surface area contributed by atoms with Crippen LogP contribution in [0.15, 0.2) is 40.8 Å². The Bertz CT molecular complexity index is 765. The summed E-state index contributed by atoms with van der Waals surface area (Å²) >= 11 is 0. The van der Waals surface area contributed by atoms with Crippen molar-refractivity contribution in [3.63, 3.8) is 0 Å². The third-order valence-corrected chi connectivity index (χ3v) is 6.61. The standard InChI is InChI=1S/C25H36N2O3/c1-28-13-12-26(18-24-9-10-25(30-24)19-29-2)16-20-6-5-11-27(17-20)23-14-21-7-3-4-8-22(21)15-23/h3-4,7-10,20,23H,5-6,11-19H2,1-2H3. The molecule has 164 valence electrons. The minimum atomic E-state index is 0.527. The summed E-state index contributed by atoms with van der Waals surface area (Å²) in [5.74, 6) is 2.61. The number of piperidine rings is 1. The van der Waals surface area contributed by atoms with Gasteiger partial charge in [0, 0.05) is 39.9 Å². The van der Waals surface area contributed by atoms with E-state index in [0.29, 0.717) is 18.6 Å². The summed E-state index contributed by atoms with van der Waals surface area (Å²) in [4.78, 5) is 5.25. The SMILES string of the molecule is COCCN(Cc1ccc(COC)o1)CC1CCCN(C2Cc3ccccc3C2)C1. The fraction of sp³-hybridized carbons (Fsp3) is 0.600. The Balaban J connectivity index is 1.34. The van der Waals surface area contributed by atoms with Gasteiger partial charge in [-0.2, -0.15) is 0 Å². The van der Waals surface area contributed by atoms with Gasteiger partial charge in [0.2, 0.25) is 0 Å². The first kappa shape index (κ1) is 21.6. The predicted molar refractivity (Wildman–Crippen MR) is 119 cm³/mol. The number of benzene rings is 1. The van der Waals surface area contributed by atoms with Gasteiger partial charge >= 0.3 is 0 Å². The van der Waals surface area contributed by atoms with E-state index in [9.17, 15) is 0 Å². The van der Waals surface area contributed by atoms with Gasteiger partial charge in [-0.3, -0.25) is 9.80 Å². The highest BCUT2D eigenvalue weighted by Crippen LogP contribution is 2.29. The Morgan fingerprint density at radius 1 is 1.03 bits per heavy atom. The molecule has 0 spiro atoms. The molecule has 1 aliphatic carbocycles. The van der Waals surface area contributed by atoms with Crippen LogP contribution in [0.3, 0.4) is 0 Å². The van der Waals surface area contributed by atoms with Crippen LogP contribution in [-0.2, 0) is 35.5 Å². The first-order chi connectivity index (χ1) is 14.7. The minimum Gasteiger partial charge on any atom is -0.462 e. The van der Waals surface area contributed by atoms with Crippen LogP contribution in [0.2, 0.25) is 0 Å². The van der Waals surface area contributed by atoms with E-state index in [1.165, 1.54) is 38.8 Å². The van der Waals surface area contributed by atoms with Crippen molar-refractivity contribution < 1.29 is 13.9 Å². The van der Waals surface area contributed by atoms with Crippen LogP contribution < -0.4 is 0 Å². The van der Waals surface area contributed by atoms with Gasteiger partial charge in [0.1, 0.15) is 18.1 Å². The second kappa shape index (κ2) is 10.6. The van der Waals surface area contributed by atoms with Crippen LogP contribution in [0.25, 0.3) is 0 Å². The van der Waals surface area contributed by atoms with Crippen LogP contribution in [0, 0.1) is 5.92 Å². The maximum absolute atomic E-state index is 5.94. The summed E-state index contributed by atoms with van der Waals surface area (Å²) in [6, 6.07) is 13.8. The third-order valence-electron chi connectivity index (χ3n) is 6.61. The topological polar surface area (TPSA) is 38.1 Å². The van der Waals surface area contributed by atoms with Crippen molar-refractivity contribution in [1.29, 1.82) is 0 Å². The quantitative estimate of drug-likeness (QED) is 0.594. The van der Waals surface area contributed by atoms with Crippen molar-refractivity contribution in [2.75, 3.05) is 47.0 Å². The molecule has 0 saturated carbocycles. The third kappa shape index (κ3) is 5.52. The average Bonchev–Trinajstić information content (AvgIpc) is 3.39. The molecule has 5 nitrogen and oxygen atoms in total. The minimum absolute atomic E-state index is 0.527. The van der Waals surface area contributed by atoms with Gasteiger partial charge in [0.25, 0.3) is 0 Å². The van der Waals surface area contributed by atoms with Gasteiger partial charge in [-0.15, -0.1) is 0 Å². The molecule has 1 fully saturated rings.